The number of aromatic amines is 1. The van der Waals surface area contributed by atoms with E-state index in [1.54, 1.807) is 30.3 Å². The standard InChI is InChI=1S/C13H14N8O/c1-20-3-2-9(19-20)13(22)18-8-4-21(5-8)12-10-11(15-6-14-10)16-7-17-12/h2-3,6-8H,4-5H2,1H3,(H,18,22)(H,14,15,16,17). The van der Waals surface area contributed by atoms with E-state index in [1.807, 2.05) is 0 Å². The topological polar surface area (TPSA) is 105 Å². The highest BCUT2D eigenvalue weighted by Crippen LogP contribution is 2.24. The van der Waals surface area contributed by atoms with E-state index in [0.717, 1.165) is 11.3 Å². The number of nitrogens with zero attached hydrogens (tertiary/aromatic N) is 6. The fraction of sp³-hybridized carbons (Fsp3) is 0.308. The summed E-state index contributed by atoms with van der Waals surface area (Å²) >= 11 is 0. The molecule has 9 heteroatoms. The highest BCUT2D eigenvalue weighted by atomic mass is 16.2. The molecule has 22 heavy (non-hydrogen) atoms. The van der Waals surface area contributed by atoms with Gasteiger partial charge in [0.25, 0.3) is 5.91 Å². The van der Waals surface area contributed by atoms with Crippen molar-refractivity contribution in [2.45, 2.75) is 6.04 Å². The number of anilines is 1. The van der Waals surface area contributed by atoms with E-state index in [1.165, 1.54) is 6.33 Å². The Morgan fingerprint density at radius 3 is 3.00 bits per heavy atom. The first-order valence-electron chi connectivity index (χ1n) is 6.90. The van der Waals surface area contributed by atoms with Gasteiger partial charge in [0.15, 0.2) is 11.5 Å². The van der Waals surface area contributed by atoms with E-state index in [2.05, 4.69) is 35.3 Å². The van der Waals surface area contributed by atoms with Gasteiger partial charge >= 0.3 is 0 Å². The van der Waals surface area contributed by atoms with Crippen molar-refractivity contribution in [3.63, 3.8) is 0 Å². The number of hydrogen-bond acceptors (Lipinski definition) is 6. The molecule has 0 aliphatic carbocycles. The van der Waals surface area contributed by atoms with Crippen LogP contribution in [0, 0.1) is 0 Å². The highest BCUT2D eigenvalue weighted by Gasteiger charge is 2.31. The SMILES string of the molecule is Cn1ccc(C(=O)NC2CN(c3ncnc4nc[nH]c34)C2)n1. The number of carbonyl (C=O) groups excluding carboxylic acids is 1. The average molecular weight is 298 g/mol. The largest absolute Gasteiger partial charge is 0.350 e. The Hall–Kier alpha value is -2.97. The summed E-state index contributed by atoms with van der Waals surface area (Å²) in [5, 5.41) is 7.05. The first kappa shape index (κ1) is 12.7. The van der Waals surface area contributed by atoms with Crippen LogP contribution in [0.4, 0.5) is 5.82 Å². The molecule has 0 bridgehead atoms. The van der Waals surface area contributed by atoms with E-state index in [-0.39, 0.29) is 11.9 Å². The van der Waals surface area contributed by atoms with Gasteiger partial charge in [0, 0.05) is 26.3 Å². The summed E-state index contributed by atoms with van der Waals surface area (Å²) in [4.78, 5) is 29.6. The molecule has 3 aromatic heterocycles. The van der Waals surface area contributed by atoms with Crippen molar-refractivity contribution in [3.05, 3.63) is 30.6 Å². The number of nitrogens with one attached hydrogen (secondary N) is 2. The van der Waals surface area contributed by atoms with Crippen LogP contribution in [-0.4, -0.2) is 54.8 Å². The summed E-state index contributed by atoms with van der Waals surface area (Å²) in [7, 11) is 1.78. The minimum absolute atomic E-state index is 0.0856. The first-order chi connectivity index (χ1) is 10.7. The molecule has 4 heterocycles. The third-order valence-electron chi connectivity index (χ3n) is 3.67. The fourth-order valence-electron chi connectivity index (χ4n) is 2.53. The Bertz CT molecular complexity index is 831. The second-order valence-electron chi connectivity index (χ2n) is 5.25. The maximum atomic E-state index is 12.0. The number of amides is 1. The summed E-state index contributed by atoms with van der Waals surface area (Å²) in [5.41, 5.74) is 1.89. The predicted molar refractivity (Wildman–Crippen MR) is 78.4 cm³/mol. The highest BCUT2D eigenvalue weighted by molar-refractivity contribution is 5.92. The Labute approximate surface area is 125 Å². The van der Waals surface area contributed by atoms with Crippen LogP contribution in [0.1, 0.15) is 10.5 Å². The second kappa shape index (κ2) is 4.79. The van der Waals surface area contributed by atoms with Crippen LogP contribution in [0.3, 0.4) is 0 Å². The molecule has 0 atom stereocenters. The molecule has 0 spiro atoms. The Morgan fingerprint density at radius 1 is 1.36 bits per heavy atom. The van der Waals surface area contributed by atoms with Crippen LogP contribution < -0.4 is 10.2 Å². The molecule has 4 rings (SSSR count). The zero-order valence-electron chi connectivity index (χ0n) is 11.9. The number of rotatable bonds is 3. The molecule has 0 saturated carbocycles. The quantitative estimate of drug-likeness (QED) is 0.688. The van der Waals surface area contributed by atoms with Gasteiger partial charge in [-0.15, -0.1) is 0 Å². The molecule has 3 aromatic rings. The van der Waals surface area contributed by atoms with Gasteiger partial charge in [-0.1, -0.05) is 0 Å². The van der Waals surface area contributed by atoms with Crippen molar-refractivity contribution in [3.8, 4) is 0 Å². The lowest BCUT2D eigenvalue weighted by Gasteiger charge is -2.40. The summed E-state index contributed by atoms with van der Waals surface area (Å²) < 4.78 is 1.61. The molecule has 1 aliphatic heterocycles. The van der Waals surface area contributed by atoms with E-state index >= 15 is 0 Å². The Morgan fingerprint density at radius 2 is 2.23 bits per heavy atom. The number of hydrogen-bond donors (Lipinski definition) is 2. The summed E-state index contributed by atoms with van der Waals surface area (Å²) in [6.45, 7) is 1.40. The van der Waals surface area contributed by atoms with E-state index in [0.29, 0.717) is 24.4 Å². The molecule has 1 fully saturated rings. The monoisotopic (exact) mass is 298 g/mol. The summed E-state index contributed by atoms with van der Waals surface area (Å²) in [6, 6.07) is 1.78. The zero-order chi connectivity index (χ0) is 15.1. The molecule has 1 amide bonds. The minimum Gasteiger partial charge on any atom is -0.350 e. The lowest BCUT2D eigenvalue weighted by molar-refractivity contribution is 0.0924. The van der Waals surface area contributed by atoms with Crippen molar-refractivity contribution in [1.29, 1.82) is 0 Å². The zero-order valence-corrected chi connectivity index (χ0v) is 11.9. The van der Waals surface area contributed by atoms with Crippen molar-refractivity contribution in [2.75, 3.05) is 18.0 Å². The smallest absolute Gasteiger partial charge is 0.272 e. The molecule has 2 N–H and O–H groups in total. The lowest BCUT2D eigenvalue weighted by Crippen LogP contribution is -2.59. The molecule has 0 aromatic carbocycles. The third-order valence-corrected chi connectivity index (χ3v) is 3.67. The van der Waals surface area contributed by atoms with Gasteiger partial charge in [0.1, 0.15) is 17.5 Å². The van der Waals surface area contributed by atoms with Gasteiger partial charge < -0.3 is 15.2 Å². The van der Waals surface area contributed by atoms with Crippen LogP contribution in [0.15, 0.2) is 24.9 Å². The number of aryl methyl sites for hydroxylation is 1. The lowest BCUT2D eigenvalue weighted by atomic mass is 10.1. The number of carbonyl (C=O) groups is 1. The van der Waals surface area contributed by atoms with Crippen LogP contribution in [0.2, 0.25) is 0 Å². The van der Waals surface area contributed by atoms with Gasteiger partial charge in [0.05, 0.1) is 12.4 Å². The van der Waals surface area contributed by atoms with Gasteiger partial charge in [-0.2, -0.15) is 5.10 Å². The molecule has 9 nitrogen and oxygen atoms in total. The van der Waals surface area contributed by atoms with Gasteiger partial charge in [-0.25, -0.2) is 15.0 Å². The van der Waals surface area contributed by atoms with E-state index in [9.17, 15) is 4.79 Å². The van der Waals surface area contributed by atoms with Crippen LogP contribution >= 0.6 is 0 Å². The Kier molecular flexibility index (Phi) is 2.78. The maximum Gasteiger partial charge on any atom is 0.272 e. The van der Waals surface area contributed by atoms with E-state index < -0.39 is 0 Å². The Balaban J connectivity index is 1.42. The van der Waals surface area contributed by atoms with Gasteiger partial charge in [-0.05, 0) is 6.07 Å². The average Bonchev–Trinajstić information content (AvgIpc) is 3.10. The molecule has 1 aliphatic rings. The van der Waals surface area contributed by atoms with Gasteiger partial charge in [0.2, 0.25) is 0 Å². The number of imidazole rings is 1. The molecule has 0 unspecified atom stereocenters. The van der Waals surface area contributed by atoms with Crippen LogP contribution in [0.5, 0.6) is 0 Å². The third kappa shape index (κ3) is 2.07. The summed E-state index contributed by atoms with van der Waals surface area (Å²) in [6.07, 6.45) is 4.85. The van der Waals surface area contributed by atoms with Crippen molar-refractivity contribution >= 4 is 22.9 Å². The molecular formula is C13H14N8O. The fourth-order valence-corrected chi connectivity index (χ4v) is 2.53. The minimum atomic E-state index is -0.153. The van der Waals surface area contributed by atoms with Crippen LogP contribution in [-0.2, 0) is 7.05 Å². The van der Waals surface area contributed by atoms with Crippen LogP contribution in [0.25, 0.3) is 11.2 Å². The normalized spacial score (nSPS) is 15.0. The van der Waals surface area contributed by atoms with E-state index in [4.69, 9.17) is 0 Å². The van der Waals surface area contributed by atoms with Crippen molar-refractivity contribution in [1.82, 2.24) is 35.0 Å². The van der Waals surface area contributed by atoms with Crippen molar-refractivity contribution in [2.24, 2.45) is 7.05 Å². The predicted octanol–water partition coefficient (Wildman–Crippen LogP) is -0.295. The first-order valence-corrected chi connectivity index (χ1v) is 6.90. The summed E-state index contributed by atoms with van der Waals surface area (Å²) in [5.74, 6) is 0.658. The molecule has 112 valence electrons. The number of fused-ring (bicyclic) bond motifs is 1. The second-order valence-corrected chi connectivity index (χ2v) is 5.25. The molecular weight excluding hydrogens is 284 g/mol. The molecule has 1 saturated heterocycles. The molecule has 0 radical (unpaired) electrons. The number of H-pyrrole nitrogens is 1. The number of aromatic nitrogens is 6. The van der Waals surface area contributed by atoms with Crippen molar-refractivity contribution < 1.29 is 4.79 Å². The maximum absolute atomic E-state index is 12.0. The van der Waals surface area contributed by atoms with Gasteiger partial charge in [-0.3, -0.25) is 9.48 Å².